The van der Waals surface area contributed by atoms with Crippen molar-refractivity contribution in [3.63, 3.8) is 0 Å². The van der Waals surface area contributed by atoms with E-state index >= 15 is 0 Å². The van der Waals surface area contributed by atoms with Gasteiger partial charge in [0.25, 0.3) is 5.91 Å². The molecule has 1 aliphatic heterocycles. The number of benzene rings is 3. The molecule has 3 aromatic carbocycles. The van der Waals surface area contributed by atoms with Crippen molar-refractivity contribution in [2.75, 3.05) is 11.4 Å². The first-order valence-electron chi connectivity index (χ1n) is 10.6. The van der Waals surface area contributed by atoms with Crippen LogP contribution in [0.3, 0.4) is 0 Å². The molecule has 176 valence electrons. The van der Waals surface area contributed by atoms with Gasteiger partial charge in [0.2, 0.25) is 15.9 Å². The smallest absolute Gasteiger partial charge is 0.252 e. The highest BCUT2D eigenvalue weighted by Crippen LogP contribution is 2.30. The lowest BCUT2D eigenvalue weighted by atomic mass is 10.1. The molecule has 0 radical (unpaired) electrons. The van der Waals surface area contributed by atoms with E-state index in [1.165, 1.54) is 24.3 Å². The number of halogens is 2. The Balaban J connectivity index is 1.69. The van der Waals surface area contributed by atoms with E-state index < -0.39 is 33.7 Å². The predicted octanol–water partition coefficient (Wildman–Crippen LogP) is 4.35. The maximum atomic E-state index is 13.6. The first kappa shape index (κ1) is 24.1. The number of sulfonamides is 1. The maximum absolute atomic E-state index is 13.6. The molecule has 1 unspecified atom stereocenters. The molecule has 0 saturated carbocycles. The van der Waals surface area contributed by atoms with Gasteiger partial charge < -0.3 is 0 Å². The summed E-state index contributed by atoms with van der Waals surface area (Å²) in [5, 5.41) is 0.514. The van der Waals surface area contributed by atoms with Gasteiger partial charge in [-0.2, -0.15) is 4.31 Å². The van der Waals surface area contributed by atoms with Crippen molar-refractivity contribution >= 4 is 39.1 Å². The fourth-order valence-electron chi connectivity index (χ4n) is 3.92. The van der Waals surface area contributed by atoms with Crippen molar-refractivity contribution in [3.05, 3.63) is 94.8 Å². The molecule has 0 aliphatic carbocycles. The Hall–Kier alpha value is -3.07. The van der Waals surface area contributed by atoms with Crippen molar-refractivity contribution < 1.29 is 22.4 Å². The Kier molecular flexibility index (Phi) is 6.84. The molecule has 6 nitrogen and oxygen atoms in total. The number of aryl methyl sites for hydroxylation is 1. The summed E-state index contributed by atoms with van der Waals surface area (Å²) in [6, 6.07) is 17.0. The lowest BCUT2D eigenvalue weighted by molar-refractivity contribution is -0.122. The van der Waals surface area contributed by atoms with E-state index in [-0.39, 0.29) is 23.5 Å². The second-order valence-corrected chi connectivity index (χ2v) is 10.4. The number of nitrogens with zero attached hydrogens (tertiary/aromatic N) is 2. The fourth-order valence-corrected chi connectivity index (χ4v) is 5.72. The van der Waals surface area contributed by atoms with Crippen LogP contribution in [0.15, 0.2) is 77.7 Å². The van der Waals surface area contributed by atoms with Crippen LogP contribution in [0.2, 0.25) is 5.02 Å². The fraction of sp³-hybridized carbons (Fsp3) is 0.200. The van der Waals surface area contributed by atoms with Crippen LogP contribution in [0.4, 0.5) is 10.1 Å². The van der Waals surface area contributed by atoms with Gasteiger partial charge in [-0.05, 0) is 67.4 Å². The molecular formula is C25H22ClFN2O4S. The normalized spacial score (nSPS) is 16.5. The van der Waals surface area contributed by atoms with E-state index in [2.05, 4.69) is 0 Å². The van der Waals surface area contributed by atoms with Crippen LogP contribution < -0.4 is 4.90 Å². The van der Waals surface area contributed by atoms with Gasteiger partial charge in [0.1, 0.15) is 11.9 Å². The second-order valence-electron chi connectivity index (χ2n) is 8.07. The zero-order valence-electron chi connectivity index (χ0n) is 18.3. The third-order valence-corrected chi connectivity index (χ3v) is 7.85. The van der Waals surface area contributed by atoms with Crippen LogP contribution in [-0.2, 0) is 26.0 Å². The Labute approximate surface area is 202 Å². The monoisotopic (exact) mass is 500 g/mol. The molecule has 1 fully saturated rings. The minimum Gasteiger partial charge on any atom is -0.274 e. The Morgan fingerprint density at radius 3 is 2.35 bits per heavy atom. The number of carbonyl (C=O) groups is 2. The number of imide groups is 1. The summed E-state index contributed by atoms with van der Waals surface area (Å²) in [7, 11) is -4.11. The van der Waals surface area contributed by atoms with Gasteiger partial charge >= 0.3 is 0 Å². The molecule has 1 atom stereocenters. The highest BCUT2D eigenvalue weighted by Gasteiger charge is 2.46. The van der Waals surface area contributed by atoms with Crippen LogP contribution >= 0.6 is 11.6 Å². The molecular weight excluding hydrogens is 479 g/mol. The maximum Gasteiger partial charge on any atom is 0.252 e. The minimum atomic E-state index is -4.11. The van der Waals surface area contributed by atoms with Crippen molar-refractivity contribution in [3.8, 4) is 0 Å². The van der Waals surface area contributed by atoms with E-state index in [9.17, 15) is 22.4 Å². The standard InChI is InChI=1S/C25H22ClFN2O4S/c1-17-5-11-22(12-6-17)34(32,33)28(14-13-18-3-2-4-19(26)15-18)23-16-24(30)29(25(23)31)21-9-7-20(27)8-10-21/h2-12,15,23H,13-14,16H2,1H3. The molecule has 1 heterocycles. The summed E-state index contributed by atoms with van der Waals surface area (Å²) >= 11 is 6.06. The quantitative estimate of drug-likeness (QED) is 0.452. The third kappa shape index (κ3) is 4.89. The van der Waals surface area contributed by atoms with Gasteiger partial charge in [-0.15, -0.1) is 0 Å². The first-order chi connectivity index (χ1) is 16.2. The molecule has 0 N–H and O–H groups in total. The number of anilines is 1. The van der Waals surface area contributed by atoms with Crippen LogP contribution in [0.1, 0.15) is 17.5 Å². The number of hydrogen-bond donors (Lipinski definition) is 0. The molecule has 9 heteroatoms. The van der Waals surface area contributed by atoms with Crippen LogP contribution in [0, 0.1) is 12.7 Å². The lowest BCUT2D eigenvalue weighted by Crippen LogP contribution is -2.46. The molecule has 4 rings (SSSR count). The van der Waals surface area contributed by atoms with Crippen molar-refractivity contribution in [2.24, 2.45) is 0 Å². The number of amides is 2. The van der Waals surface area contributed by atoms with Crippen molar-refractivity contribution in [1.29, 1.82) is 0 Å². The van der Waals surface area contributed by atoms with Gasteiger partial charge in [-0.1, -0.05) is 41.4 Å². The van der Waals surface area contributed by atoms with Gasteiger partial charge in [0.15, 0.2) is 0 Å². The van der Waals surface area contributed by atoms with Crippen LogP contribution in [0.5, 0.6) is 0 Å². The number of rotatable bonds is 7. The Morgan fingerprint density at radius 2 is 1.71 bits per heavy atom. The average Bonchev–Trinajstić information content (AvgIpc) is 3.08. The summed E-state index contributed by atoms with van der Waals surface area (Å²) < 4.78 is 41.7. The van der Waals surface area contributed by atoms with Crippen molar-refractivity contribution in [1.82, 2.24) is 4.31 Å². The summed E-state index contributed by atoms with van der Waals surface area (Å²) in [6.07, 6.45) is -0.0168. The Bertz CT molecular complexity index is 1330. The van der Waals surface area contributed by atoms with E-state index in [1.807, 2.05) is 13.0 Å². The number of hydrogen-bond acceptors (Lipinski definition) is 4. The van der Waals surface area contributed by atoms with E-state index in [0.717, 1.165) is 32.5 Å². The van der Waals surface area contributed by atoms with E-state index in [4.69, 9.17) is 11.6 Å². The van der Waals surface area contributed by atoms with Gasteiger partial charge in [-0.3, -0.25) is 9.59 Å². The summed E-state index contributed by atoms with van der Waals surface area (Å²) in [5.41, 5.74) is 1.88. The largest absolute Gasteiger partial charge is 0.274 e. The molecule has 1 aliphatic rings. The Morgan fingerprint density at radius 1 is 1.03 bits per heavy atom. The summed E-state index contributed by atoms with van der Waals surface area (Å²) in [5.74, 6) is -1.73. The minimum absolute atomic E-state index is 0.0303. The molecule has 0 aromatic heterocycles. The first-order valence-corrected chi connectivity index (χ1v) is 12.4. The van der Waals surface area contributed by atoms with Crippen LogP contribution in [0.25, 0.3) is 0 Å². The predicted molar refractivity (Wildman–Crippen MR) is 128 cm³/mol. The van der Waals surface area contributed by atoms with Gasteiger partial charge in [-0.25, -0.2) is 17.7 Å². The van der Waals surface area contributed by atoms with E-state index in [0.29, 0.717) is 11.4 Å². The van der Waals surface area contributed by atoms with Gasteiger partial charge in [0, 0.05) is 11.6 Å². The summed E-state index contributed by atoms with van der Waals surface area (Å²) in [6.45, 7) is 1.81. The van der Waals surface area contributed by atoms with Crippen LogP contribution in [-0.4, -0.2) is 37.1 Å². The second kappa shape index (κ2) is 9.66. The SMILES string of the molecule is Cc1ccc(S(=O)(=O)N(CCc2cccc(Cl)c2)C2CC(=O)N(c3ccc(F)cc3)C2=O)cc1. The topological polar surface area (TPSA) is 74.8 Å². The zero-order chi connectivity index (χ0) is 24.5. The third-order valence-electron chi connectivity index (χ3n) is 5.69. The molecule has 0 bridgehead atoms. The highest BCUT2D eigenvalue weighted by atomic mass is 35.5. The highest BCUT2D eigenvalue weighted by molar-refractivity contribution is 7.89. The molecule has 2 amide bonds. The molecule has 1 saturated heterocycles. The molecule has 3 aromatic rings. The van der Waals surface area contributed by atoms with Gasteiger partial charge in [0.05, 0.1) is 17.0 Å². The summed E-state index contributed by atoms with van der Waals surface area (Å²) in [4.78, 5) is 27.1. The molecule has 0 spiro atoms. The average molecular weight is 501 g/mol. The van der Waals surface area contributed by atoms with E-state index in [1.54, 1.807) is 30.3 Å². The van der Waals surface area contributed by atoms with Crippen molar-refractivity contribution in [2.45, 2.75) is 30.7 Å². The molecule has 34 heavy (non-hydrogen) atoms. The lowest BCUT2D eigenvalue weighted by Gasteiger charge is -2.27. The number of carbonyl (C=O) groups excluding carboxylic acids is 2. The zero-order valence-corrected chi connectivity index (χ0v) is 19.9.